The Hall–Kier alpha value is -0.370. The lowest BCUT2D eigenvalue weighted by Gasteiger charge is -2.39. The lowest BCUT2D eigenvalue weighted by molar-refractivity contribution is -0.173. The fourth-order valence-electron chi connectivity index (χ4n) is 2.04. The molecule has 2 heterocycles. The summed E-state index contributed by atoms with van der Waals surface area (Å²) in [6.45, 7) is 3.83. The number of alkyl halides is 1. The van der Waals surface area contributed by atoms with Crippen molar-refractivity contribution in [1.82, 2.24) is 5.32 Å². The summed E-state index contributed by atoms with van der Waals surface area (Å²) in [4.78, 5) is 4.18. The van der Waals surface area contributed by atoms with Gasteiger partial charge in [-0.3, -0.25) is 4.99 Å². The zero-order valence-corrected chi connectivity index (χ0v) is 10.5. The molecule has 0 saturated carbocycles. The number of fused-ring (bicyclic) bond motifs is 1. The first kappa shape index (κ1) is 13.1. The van der Waals surface area contributed by atoms with Gasteiger partial charge < -0.3 is 20.3 Å². The van der Waals surface area contributed by atoms with Crippen molar-refractivity contribution in [3.8, 4) is 0 Å². The van der Waals surface area contributed by atoms with Crippen molar-refractivity contribution in [2.75, 3.05) is 6.54 Å². The molecule has 98 valence electrons. The van der Waals surface area contributed by atoms with Crippen molar-refractivity contribution >= 4 is 16.9 Å². The van der Waals surface area contributed by atoms with E-state index < -0.39 is 36.0 Å². The molecule has 2 aliphatic rings. The molecule has 0 amide bonds. The van der Waals surface area contributed by atoms with Crippen LogP contribution >= 0.6 is 11.8 Å². The summed E-state index contributed by atoms with van der Waals surface area (Å²) in [6.07, 6.45) is -4.57. The van der Waals surface area contributed by atoms with Crippen LogP contribution < -0.4 is 5.32 Å². The number of hydrogen-bond donors (Lipinski definition) is 3. The van der Waals surface area contributed by atoms with Crippen LogP contribution in [-0.2, 0) is 4.74 Å². The topological polar surface area (TPSA) is 74.1 Å². The fourth-order valence-corrected chi connectivity index (χ4v) is 3.22. The van der Waals surface area contributed by atoms with E-state index in [0.717, 1.165) is 0 Å². The highest BCUT2D eigenvalue weighted by Crippen LogP contribution is 2.35. The average molecular weight is 264 g/mol. The minimum Gasteiger partial charge on any atom is -0.388 e. The first-order valence-electron chi connectivity index (χ1n) is 5.68. The summed E-state index contributed by atoms with van der Waals surface area (Å²) in [7, 11) is 0. The van der Waals surface area contributed by atoms with Crippen LogP contribution in [-0.4, -0.2) is 57.9 Å². The average Bonchev–Trinajstić information content (AvgIpc) is 2.66. The number of aliphatic hydroxyl groups excluding tert-OH is 2. The van der Waals surface area contributed by atoms with Gasteiger partial charge in [0.25, 0.3) is 0 Å². The predicted molar refractivity (Wildman–Crippen MR) is 63.7 cm³/mol. The second kappa shape index (κ2) is 5.09. The molecule has 0 aromatic heterocycles. The number of aliphatic imine (C=N–C) groups is 1. The summed E-state index contributed by atoms with van der Waals surface area (Å²) in [5.41, 5.74) is -0.401. The largest absolute Gasteiger partial charge is 0.388 e. The van der Waals surface area contributed by atoms with Gasteiger partial charge in [-0.05, 0) is 13.8 Å². The lowest BCUT2D eigenvalue weighted by Crippen LogP contribution is -2.60. The Balaban J connectivity index is 2.12. The normalized spacial score (nSPS) is 45.5. The third-order valence-electron chi connectivity index (χ3n) is 2.91. The highest BCUT2D eigenvalue weighted by molar-refractivity contribution is 8.14. The van der Waals surface area contributed by atoms with Crippen LogP contribution in [0.25, 0.3) is 0 Å². The Kier molecular flexibility index (Phi) is 3.92. The van der Waals surface area contributed by atoms with E-state index in [4.69, 9.17) is 4.74 Å². The van der Waals surface area contributed by atoms with Gasteiger partial charge in [-0.15, -0.1) is 0 Å². The zero-order chi connectivity index (χ0) is 12.6. The molecule has 0 radical (unpaired) electrons. The SMILES string of the molecule is CCN=C1N[C@@H]2[C@@H](O)[C@H](O)[C@@H]([C@H](C)F)O[C@@H]2S1. The van der Waals surface area contributed by atoms with Crippen molar-refractivity contribution in [3.63, 3.8) is 0 Å². The molecule has 2 saturated heterocycles. The van der Waals surface area contributed by atoms with Gasteiger partial charge >= 0.3 is 0 Å². The van der Waals surface area contributed by atoms with Crippen LogP contribution in [0.15, 0.2) is 4.99 Å². The molecule has 0 aliphatic carbocycles. The highest BCUT2D eigenvalue weighted by atomic mass is 32.2. The van der Waals surface area contributed by atoms with Gasteiger partial charge in [0, 0.05) is 6.54 Å². The molecule has 3 N–H and O–H groups in total. The molecule has 0 unspecified atom stereocenters. The maximum Gasteiger partial charge on any atom is 0.159 e. The first-order valence-corrected chi connectivity index (χ1v) is 6.56. The molecule has 0 spiro atoms. The number of hydrogen-bond acceptors (Lipinski definition) is 5. The molecule has 7 heteroatoms. The number of aliphatic hydroxyl groups is 2. The molecule has 6 atom stereocenters. The lowest BCUT2D eigenvalue weighted by atomic mass is 9.96. The molecule has 5 nitrogen and oxygen atoms in total. The van der Waals surface area contributed by atoms with E-state index in [0.29, 0.717) is 11.7 Å². The van der Waals surface area contributed by atoms with Crippen LogP contribution in [0.5, 0.6) is 0 Å². The van der Waals surface area contributed by atoms with E-state index >= 15 is 0 Å². The number of rotatable bonds is 2. The van der Waals surface area contributed by atoms with E-state index in [1.807, 2.05) is 6.92 Å². The van der Waals surface area contributed by atoms with Gasteiger partial charge in [-0.2, -0.15) is 0 Å². The molecule has 0 bridgehead atoms. The molecule has 2 aliphatic heterocycles. The number of halogens is 1. The molecule has 2 fully saturated rings. The number of thioether (sulfide) groups is 1. The van der Waals surface area contributed by atoms with Gasteiger partial charge in [0.15, 0.2) is 5.17 Å². The monoisotopic (exact) mass is 264 g/mol. The second-order valence-corrected chi connectivity index (χ2v) is 5.28. The molecular formula is C10H17FN2O3S. The third kappa shape index (κ3) is 2.42. The predicted octanol–water partition coefficient (Wildman–Crippen LogP) is -0.128. The molecular weight excluding hydrogens is 247 g/mol. The van der Waals surface area contributed by atoms with E-state index in [-0.39, 0.29) is 0 Å². The zero-order valence-electron chi connectivity index (χ0n) is 9.71. The molecule has 2 rings (SSSR count). The fraction of sp³-hybridized carbons (Fsp3) is 0.900. The highest BCUT2D eigenvalue weighted by Gasteiger charge is 2.50. The number of nitrogens with zero attached hydrogens (tertiary/aromatic N) is 1. The standard InChI is InChI=1S/C10H17FN2O3S/c1-3-12-10-13-5-6(14)7(15)8(4(2)11)16-9(5)17-10/h4-9,14-15H,3H2,1-2H3,(H,12,13)/t4-,5+,6+,7-,8+,9+/m0/s1. The summed E-state index contributed by atoms with van der Waals surface area (Å²) in [5.74, 6) is 0. The maximum atomic E-state index is 13.3. The molecule has 17 heavy (non-hydrogen) atoms. The minimum absolute atomic E-state index is 0.401. The van der Waals surface area contributed by atoms with Crippen LogP contribution in [0, 0.1) is 0 Å². The number of nitrogens with one attached hydrogen (secondary N) is 1. The van der Waals surface area contributed by atoms with E-state index in [2.05, 4.69) is 10.3 Å². The Morgan fingerprint density at radius 2 is 2.24 bits per heavy atom. The van der Waals surface area contributed by atoms with Crippen LogP contribution in [0.3, 0.4) is 0 Å². The minimum atomic E-state index is -1.33. The summed E-state index contributed by atoms with van der Waals surface area (Å²) in [6, 6.07) is -0.435. The molecule has 0 aromatic carbocycles. The second-order valence-electron chi connectivity index (χ2n) is 4.20. The Morgan fingerprint density at radius 1 is 1.53 bits per heavy atom. The van der Waals surface area contributed by atoms with E-state index in [1.165, 1.54) is 18.7 Å². The van der Waals surface area contributed by atoms with Crippen molar-refractivity contribution in [1.29, 1.82) is 0 Å². The van der Waals surface area contributed by atoms with Gasteiger partial charge in [0.2, 0.25) is 0 Å². The van der Waals surface area contributed by atoms with Gasteiger partial charge in [0.1, 0.15) is 29.9 Å². The van der Waals surface area contributed by atoms with Crippen molar-refractivity contribution in [2.24, 2.45) is 4.99 Å². The van der Waals surface area contributed by atoms with Crippen LogP contribution in [0.1, 0.15) is 13.8 Å². The summed E-state index contributed by atoms with van der Waals surface area (Å²) in [5, 5.41) is 23.3. The Morgan fingerprint density at radius 3 is 2.82 bits per heavy atom. The van der Waals surface area contributed by atoms with Crippen LogP contribution in [0.4, 0.5) is 4.39 Å². The molecule has 0 aromatic rings. The van der Waals surface area contributed by atoms with Crippen molar-refractivity contribution < 1.29 is 19.3 Å². The Bertz CT molecular complexity index is 316. The number of amidine groups is 1. The van der Waals surface area contributed by atoms with Gasteiger partial charge in [0.05, 0.1) is 6.04 Å². The Labute approximate surface area is 103 Å². The van der Waals surface area contributed by atoms with Crippen molar-refractivity contribution in [2.45, 2.75) is 49.8 Å². The summed E-state index contributed by atoms with van der Waals surface area (Å²) >= 11 is 1.32. The van der Waals surface area contributed by atoms with Gasteiger partial charge in [-0.1, -0.05) is 11.8 Å². The van der Waals surface area contributed by atoms with Gasteiger partial charge in [-0.25, -0.2) is 4.39 Å². The maximum absolute atomic E-state index is 13.3. The van der Waals surface area contributed by atoms with E-state index in [9.17, 15) is 14.6 Å². The third-order valence-corrected chi connectivity index (χ3v) is 4.02. The van der Waals surface area contributed by atoms with Crippen molar-refractivity contribution in [3.05, 3.63) is 0 Å². The van der Waals surface area contributed by atoms with Crippen LogP contribution in [0.2, 0.25) is 0 Å². The quantitative estimate of drug-likeness (QED) is 0.648. The number of ether oxygens (including phenoxy) is 1. The smallest absolute Gasteiger partial charge is 0.159 e. The first-order chi connectivity index (χ1) is 8.04. The van der Waals surface area contributed by atoms with E-state index in [1.54, 1.807) is 0 Å². The summed E-state index contributed by atoms with van der Waals surface area (Å²) < 4.78 is 18.7.